The van der Waals surface area contributed by atoms with E-state index in [4.69, 9.17) is 5.73 Å². The first-order valence-corrected chi connectivity index (χ1v) is 5.65. The van der Waals surface area contributed by atoms with Crippen LogP contribution in [0.5, 0.6) is 0 Å². The summed E-state index contributed by atoms with van der Waals surface area (Å²) in [6, 6.07) is 0.239. The highest BCUT2D eigenvalue weighted by molar-refractivity contribution is 5.85. The summed E-state index contributed by atoms with van der Waals surface area (Å²) in [6.45, 7) is 2.00. The second-order valence-electron chi connectivity index (χ2n) is 4.04. The molecule has 0 saturated carbocycles. The SMILES string of the molecule is Cl.NCC1CCCN1C(=O)CCn1ccnn1. The highest BCUT2D eigenvalue weighted by atomic mass is 35.5. The molecule has 7 heteroatoms. The first kappa shape index (κ1) is 13.9. The van der Waals surface area contributed by atoms with Gasteiger partial charge in [-0.2, -0.15) is 0 Å². The van der Waals surface area contributed by atoms with Crippen molar-refractivity contribution >= 4 is 18.3 Å². The van der Waals surface area contributed by atoms with Crippen LogP contribution in [0.25, 0.3) is 0 Å². The zero-order chi connectivity index (χ0) is 11.4. The smallest absolute Gasteiger partial charge is 0.224 e. The highest BCUT2D eigenvalue weighted by Gasteiger charge is 2.26. The molecule has 0 bridgehead atoms. The number of carbonyl (C=O) groups excluding carboxylic acids is 1. The van der Waals surface area contributed by atoms with Gasteiger partial charge < -0.3 is 10.6 Å². The van der Waals surface area contributed by atoms with Gasteiger partial charge in [-0.3, -0.25) is 9.48 Å². The minimum Gasteiger partial charge on any atom is -0.338 e. The van der Waals surface area contributed by atoms with Crippen molar-refractivity contribution in [1.29, 1.82) is 0 Å². The lowest BCUT2D eigenvalue weighted by Crippen LogP contribution is -2.40. The molecule has 6 nitrogen and oxygen atoms in total. The van der Waals surface area contributed by atoms with E-state index in [0.717, 1.165) is 19.4 Å². The first-order valence-electron chi connectivity index (χ1n) is 5.65. The number of aryl methyl sites for hydroxylation is 1. The molecular weight excluding hydrogens is 242 g/mol. The number of nitrogens with two attached hydrogens (primary N) is 1. The van der Waals surface area contributed by atoms with Gasteiger partial charge in [-0.05, 0) is 12.8 Å². The van der Waals surface area contributed by atoms with Gasteiger partial charge >= 0.3 is 0 Å². The molecule has 1 aromatic heterocycles. The average Bonchev–Trinajstić information content (AvgIpc) is 2.96. The summed E-state index contributed by atoms with van der Waals surface area (Å²) < 4.78 is 1.67. The molecule has 0 radical (unpaired) electrons. The Morgan fingerprint density at radius 1 is 1.53 bits per heavy atom. The third kappa shape index (κ3) is 3.41. The van der Waals surface area contributed by atoms with Gasteiger partial charge in [0.1, 0.15) is 0 Å². The van der Waals surface area contributed by atoms with Gasteiger partial charge in [-0.15, -0.1) is 17.5 Å². The van der Waals surface area contributed by atoms with E-state index in [1.807, 2.05) is 4.90 Å². The minimum absolute atomic E-state index is 0. The fourth-order valence-corrected chi connectivity index (χ4v) is 2.11. The van der Waals surface area contributed by atoms with Crippen LogP contribution in [0.2, 0.25) is 0 Å². The Kier molecular flexibility index (Phi) is 5.37. The number of hydrogen-bond acceptors (Lipinski definition) is 4. The molecule has 1 saturated heterocycles. The fourth-order valence-electron chi connectivity index (χ4n) is 2.11. The molecule has 0 aliphatic carbocycles. The summed E-state index contributed by atoms with van der Waals surface area (Å²) in [5.74, 6) is 0.170. The Hall–Kier alpha value is -1.14. The predicted octanol–water partition coefficient (Wildman–Crippen LogP) is 0.0397. The number of halogens is 1. The zero-order valence-electron chi connectivity index (χ0n) is 9.66. The normalized spacial score (nSPS) is 19.1. The van der Waals surface area contributed by atoms with Crippen LogP contribution in [0.15, 0.2) is 12.4 Å². The molecule has 2 N–H and O–H groups in total. The van der Waals surface area contributed by atoms with Crippen LogP contribution in [0, 0.1) is 0 Å². The maximum atomic E-state index is 11.9. The molecule has 0 aromatic carbocycles. The highest BCUT2D eigenvalue weighted by Crippen LogP contribution is 2.17. The number of amides is 1. The third-order valence-corrected chi connectivity index (χ3v) is 3.00. The largest absolute Gasteiger partial charge is 0.338 e. The lowest BCUT2D eigenvalue weighted by Gasteiger charge is -2.23. The van der Waals surface area contributed by atoms with E-state index in [9.17, 15) is 4.79 Å². The summed E-state index contributed by atoms with van der Waals surface area (Å²) >= 11 is 0. The third-order valence-electron chi connectivity index (χ3n) is 3.00. The number of likely N-dealkylation sites (tertiary alicyclic amines) is 1. The lowest BCUT2D eigenvalue weighted by molar-refractivity contribution is -0.132. The van der Waals surface area contributed by atoms with Gasteiger partial charge in [0.25, 0.3) is 0 Å². The molecular formula is C10H18ClN5O. The van der Waals surface area contributed by atoms with Gasteiger partial charge in [0.2, 0.25) is 5.91 Å². The van der Waals surface area contributed by atoms with Crippen LogP contribution in [0.1, 0.15) is 19.3 Å². The van der Waals surface area contributed by atoms with Crippen molar-refractivity contribution in [2.75, 3.05) is 13.1 Å². The predicted molar refractivity (Wildman–Crippen MR) is 65.7 cm³/mol. The van der Waals surface area contributed by atoms with Crippen LogP contribution >= 0.6 is 12.4 Å². The summed E-state index contributed by atoms with van der Waals surface area (Å²) in [5.41, 5.74) is 5.63. The van der Waals surface area contributed by atoms with Crippen molar-refractivity contribution in [2.24, 2.45) is 5.73 Å². The molecule has 1 atom stereocenters. The van der Waals surface area contributed by atoms with Crippen LogP contribution in [-0.4, -0.2) is 44.9 Å². The van der Waals surface area contributed by atoms with Crippen LogP contribution in [-0.2, 0) is 11.3 Å². The number of hydrogen-bond donors (Lipinski definition) is 1. The van der Waals surface area contributed by atoms with Gasteiger partial charge in [0, 0.05) is 31.7 Å². The Labute approximate surface area is 107 Å². The van der Waals surface area contributed by atoms with E-state index in [2.05, 4.69) is 10.3 Å². The Morgan fingerprint density at radius 3 is 3.00 bits per heavy atom. The van der Waals surface area contributed by atoms with Crippen LogP contribution < -0.4 is 5.73 Å². The van der Waals surface area contributed by atoms with Crippen molar-refractivity contribution in [3.63, 3.8) is 0 Å². The van der Waals surface area contributed by atoms with Crippen molar-refractivity contribution in [3.8, 4) is 0 Å². The molecule has 1 amide bonds. The quantitative estimate of drug-likeness (QED) is 0.828. The van der Waals surface area contributed by atoms with Crippen molar-refractivity contribution in [3.05, 3.63) is 12.4 Å². The standard InChI is InChI=1S/C10H17N5O.ClH/c11-8-9-2-1-5-15(9)10(16)3-6-14-7-4-12-13-14;/h4,7,9H,1-3,5-6,8,11H2;1H. The van der Waals surface area contributed by atoms with Crippen LogP contribution in [0.3, 0.4) is 0 Å². The second-order valence-corrected chi connectivity index (χ2v) is 4.04. The van der Waals surface area contributed by atoms with Crippen molar-refractivity contribution in [2.45, 2.75) is 31.8 Å². The van der Waals surface area contributed by atoms with E-state index in [1.165, 1.54) is 0 Å². The summed E-state index contributed by atoms with van der Waals surface area (Å²) in [6.07, 6.45) is 5.95. The topological polar surface area (TPSA) is 77.0 Å². The molecule has 1 unspecified atom stereocenters. The molecule has 17 heavy (non-hydrogen) atoms. The Bertz CT molecular complexity index is 342. The van der Waals surface area contributed by atoms with E-state index in [1.54, 1.807) is 17.1 Å². The number of rotatable bonds is 4. The van der Waals surface area contributed by atoms with Crippen LogP contribution in [0.4, 0.5) is 0 Å². The first-order chi connectivity index (χ1) is 7.81. The minimum atomic E-state index is 0. The molecule has 2 rings (SSSR count). The summed E-state index contributed by atoms with van der Waals surface area (Å²) in [5, 5.41) is 7.52. The Morgan fingerprint density at radius 2 is 2.35 bits per heavy atom. The zero-order valence-corrected chi connectivity index (χ0v) is 10.5. The molecule has 1 aromatic rings. The van der Waals surface area contributed by atoms with Gasteiger partial charge in [-0.1, -0.05) is 5.21 Å². The monoisotopic (exact) mass is 259 g/mol. The Balaban J connectivity index is 0.00000144. The molecule has 2 heterocycles. The number of aromatic nitrogens is 3. The van der Waals surface area contributed by atoms with E-state index < -0.39 is 0 Å². The fraction of sp³-hybridized carbons (Fsp3) is 0.700. The second kappa shape index (κ2) is 6.56. The summed E-state index contributed by atoms with van der Waals surface area (Å²) in [7, 11) is 0. The van der Waals surface area contributed by atoms with Gasteiger partial charge in [0.15, 0.2) is 0 Å². The summed E-state index contributed by atoms with van der Waals surface area (Å²) in [4.78, 5) is 13.8. The van der Waals surface area contributed by atoms with E-state index in [0.29, 0.717) is 19.5 Å². The van der Waals surface area contributed by atoms with E-state index in [-0.39, 0.29) is 24.4 Å². The molecule has 96 valence electrons. The molecule has 1 aliphatic rings. The maximum Gasteiger partial charge on any atom is 0.224 e. The molecule has 1 fully saturated rings. The number of nitrogens with zero attached hydrogens (tertiary/aromatic N) is 4. The lowest BCUT2D eigenvalue weighted by atomic mass is 10.2. The van der Waals surface area contributed by atoms with Crippen molar-refractivity contribution < 1.29 is 4.79 Å². The maximum absolute atomic E-state index is 11.9. The van der Waals surface area contributed by atoms with Crippen molar-refractivity contribution in [1.82, 2.24) is 19.9 Å². The average molecular weight is 260 g/mol. The van der Waals surface area contributed by atoms with Gasteiger partial charge in [0.05, 0.1) is 12.7 Å². The molecule has 0 spiro atoms. The molecule has 1 aliphatic heterocycles. The van der Waals surface area contributed by atoms with Gasteiger partial charge in [-0.25, -0.2) is 0 Å². The number of carbonyl (C=O) groups is 1. The van der Waals surface area contributed by atoms with E-state index >= 15 is 0 Å².